The van der Waals surface area contributed by atoms with E-state index in [0.717, 1.165) is 0 Å². The Bertz CT molecular complexity index is 918. The third kappa shape index (κ3) is 5.20. The molecule has 0 aliphatic rings. The minimum absolute atomic E-state index is 0.0102. The van der Waals surface area contributed by atoms with E-state index in [0.29, 0.717) is 24.4 Å². The zero-order chi connectivity index (χ0) is 20.7. The Morgan fingerprint density at radius 3 is 2.50 bits per heavy atom. The summed E-state index contributed by atoms with van der Waals surface area (Å²) < 4.78 is 36.7. The molecular weight excluding hydrogens is 384 g/mol. The maximum atomic E-state index is 12.6. The molecule has 1 heterocycles. The monoisotopic (exact) mass is 408 g/mol. The lowest BCUT2D eigenvalue weighted by molar-refractivity contribution is -0.124. The van der Waals surface area contributed by atoms with Crippen molar-refractivity contribution in [1.82, 2.24) is 9.62 Å². The number of hydrogen-bond donors (Lipinski definition) is 1. The van der Waals surface area contributed by atoms with Crippen molar-refractivity contribution in [1.29, 1.82) is 0 Å². The van der Waals surface area contributed by atoms with Gasteiger partial charge < -0.3 is 14.5 Å². The molecule has 0 bridgehead atoms. The number of sulfonamides is 1. The normalized spacial score (nSPS) is 11.4. The summed E-state index contributed by atoms with van der Waals surface area (Å²) in [7, 11) is -3.70. The Kier molecular flexibility index (Phi) is 7.36. The molecule has 28 heavy (non-hydrogen) atoms. The predicted octanol–water partition coefficient (Wildman–Crippen LogP) is 2.09. The summed E-state index contributed by atoms with van der Waals surface area (Å²) in [5.41, 5.74) is 0.659. The third-order valence-electron chi connectivity index (χ3n) is 4.15. The summed E-state index contributed by atoms with van der Waals surface area (Å²) in [6, 6.07) is 7.69. The number of amides is 1. The number of nitrogens with zero attached hydrogens (tertiary/aromatic N) is 1. The number of aryl methyl sites for hydroxylation is 1. The lowest BCUT2D eigenvalue weighted by Crippen LogP contribution is -2.31. The molecule has 9 heteroatoms. The molecule has 0 aliphatic heterocycles. The van der Waals surface area contributed by atoms with Gasteiger partial charge in [0, 0.05) is 13.1 Å². The number of nitrogens with one attached hydrogen (secondary N) is 1. The minimum atomic E-state index is -3.70. The fraction of sp³-hybridized carbons (Fsp3) is 0.368. The van der Waals surface area contributed by atoms with Crippen LogP contribution >= 0.6 is 0 Å². The van der Waals surface area contributed by atoms with Gasteiger partial charge in [-0.25, -0.2) is 13.2 Å². The van der Waals surface area contributed by atoms with Crippen LogP contribution in [0.1, 0.15) is 35.5 Å². The van der Waals surface area contributed by atoms with Gasteiger partial charge in [-0.15, -0.1) is 0 Å². The highest BCUT2D eigenvalue weighted by atomic mass is 32.2. The molecule has 1 aromatic heterocycles. The molecule has 0 radical (unpaired) electrons. The number of benzene rings is 1. The second-order valence-electron chi connectivity index (χ2n) is 6.00. The molecule has 0 atom stereocenters. The molecule has 0 fully saturated rings. The van der Waals surface area contributed by atoms with Crippen molar-refractivity contribution in [3.8, 4) is 0 Å². The SMILES string of the molecule is CCN(CC)S(=O)(=O)c1ccc(C)c(C(=O)OCC(=O)NCc2ccco2)c1. The van der Waals surface area contributed by atoms with E-state index in [2.05, 4.69) is 5.32 Å². The molecule has 2 rings (SSSR count). The van der Waals surface area contributed by atoms with E-state index in [1.165, 1.54) is 22.7 Å². The maximum Gasteiger partial charge on any atom is 0.338 e. The summed E-state index contributed by atoms with van der Waals surface area (Å²) in [6.07, 6.45) is 1.49. The quantitative estimate of drug-likeness (QED) is 0.637. The van der Waals surface area contributed by atoms with Crippen LogP contribution in [0.4, 0.5) is 0 Å². The first-order valence-corrected chi connectivity index (χ1v) is 10.3. The van der Waals surface area contributed by atoms with Gasteiger partial charge in [0.25, 0.3) is 5.91 Å². The molecule has 0 aliphatic carbocycles. The van der Waals surface area contributed by atoms with Crippen molar-refractivity contribution in [2.75, 3.05) is 19.7 Å². The first kappa shape index (κ1) is 21.6. The summed E-state index contributed by atoms with van der Waals surface area (Å²) >= 11 is 0. The highest BCUT2D eigenvalue weighted by molar-refractivity contribution is 7.89. The molecular formula is C19H24N2O6S. The second-order valence-corrected chi connectivity index (χ2v) is 7.94. The van der Waals surface area contributed by atoms with Gasteiger partial charge in [-0.1, -0.05) is 19.9 Å². The fourth-order valence-electron chi connectivity index (χ4n) is 2.55. The molecule has 1 aromatic carbocycles. The Morgan fingerprint density at radius 2 is 1.89 bits per heavy atom. The molecule has 0 unspecified atom stereocenters. The van der Waals surface area contributed by atoms with Crippen LogP contribution in [0.15, 0.2) is 45.9 Å². The van der Waals surface area contributed by atoms with Crippen LogP contribution in [0.3, 0.4) is 0 Å². The first-order valence-electron chi connectivity index (χ1n) is 8.86. The van der Waals surface area contributed by atoms with Gasteiger partial charge in [0.15, 0.2) is 6.61 Å². The molecule has 1 N–H and O–H groups in total. The Balaban J connectivity index is 2.05. The Hall–Kier alpha value is -2.65. The Morgan fingerprint density at radius 1 is 1.18 bits per heavy atom. The molecule has 1 amide bonds. The lowest BCUT2D eigenvalue weighted by Gasteiger charge is -2.19. The van der Waals surface area contributed by atoms with Crippen molar-refractivity contribution < 1.29 is 27.2 Å². The third-order valence-corrected chi connectivity index (χ3v) is 6.19. The van der Waals surface area contributed by atoms with Crippen LogP contribution in [0.25, 0.3) is 0 Å². The lowest BCUT2D eigenvalue weighted by atomic mass is 10.1. The molecule has 0 saturated heterocycles. The number of esters is 1. The maximum absolute atomic E-state index is 12.6. The van der Waals surface area contributed by atoms with E-state index < -0.39 is 28.5 Å². The van der Waals surface area contributed by atoms with E-state index in [9.17, 15) is 18.0 Å². The molecule has 0 saturated carbocycles. The highest BCUT2D eigenvalue weighted by Gasteiger charge is 2.24. The number of carbonyl (C=O) groups excluding carboxylic acids is 2. The van der Waals surface area contributed by atoms with Crippen molar-refractivity contribution in [2.45, 2.75) is 32.2 Å². The van der Waals surface area contributed by atoms with Crippen molar-refractivity contribution in [3.63, 3.8) is 0 Å². The van der Waals surface area contributed by atoms with Crippen molar-refractivity contribution >= 4 is 21.9 Å². The zero-order valence-corrected chi connectivity index (χ0v) is 16.9. The summed E-state index contributed by atoms with van der Waals surface area (Å²) in [5, 5.41) is 2.56. The van der Waals surface area contributed by atoms with Gasteiger partial charge in [0.05, 0.1) is 23.3 Å². The van der Waals surface area contributed by atoms with Gasteiger partial charge in [-0.3, -0.25) is 4.79 Å². The number of rotatable bonds is 9. The number of hydrogen-bond acceptors (Lipinski definition) is 6. The smallest absolute Gasteiger partial charge is 0.338 e. The van der Waals surface area contributed by atoms with Gasteiger partial charge in [0.2, 0.25) is 10.0 Å². The van der Waals surface area contributed by atoms with Crippen molar-refractivity contribution in [3.05, 3.63) is 53.5 Å². The van der Waals surface area contributed by atoms with Gasteiger partial charge in [0.1, 0.15) is 5.76 Å². The summed E-state index contributed by atoms with van der Waals surface area (Å²) in [4.78, 5) is 24.2. The van der Waals surface area contributed by atoms with Crippen LogP contribution in [-0.4, -0.2) is 44.3 Å². The first-order chi connectivity index (χ1) is 13.3. The van der Waals surface area contributed by atoms with Gasteiger partial charge >= 0.3 is 5.97 Å². The zero-order valence-electron chi connectivity index (χ0n) is 16.1. The van der Waals surface area contributed by atoms with Crippen LogP contribution in [-0.2, 0) is 26.1 Å². The van der Waals surface area contributed by atoms with Gasteiger partial charge in [-0.2, -0.15) is 4.31 Å². The van der Waals surface area contributed by atoms with Crippen LogP contribution < -0.4 is 5.32 Å². The fourth-order valence-corrected chi connectivity index (χ4v) is 4.04. The number of ether oxygens (including phenoxy) is 1. The average molecular weight is 408 g/mol. The minimum Gasteiger partial charge on any atom is -0.467 e. The highest BCUT2D eigenvalue weighted by Crippen LogP contribution is 2.20. The standard InChI is InChI=1S/C19H24N2O6S/c1-4-21(5-2)28(24,25)16-9-8-14(3)17(11-16)19(23)27-13-18(22)20-12-15-7-6-10-26-15/h6-11H,4-5,12-13H2,1-3H3,(H,20,22). The van der Waals surface area contributed by atoms with Crippen LogP contribution in [0.5, 0.6) is 0 Å². The molecule has 152 valence electrons. The van der Waals surface area contributed by atoms with Crippen molar-refractivity contribution in [2.24, 2.45) is 0 Å². The second kappa shape index (κ2) is 9.52. The molecule has 0 spiro atoms. The van der Waals surface area contributed by atoms with Crippen LogP contribution in [0.2, 0.25) is 0 Å². The molecule has 2 aromatic rings. The number of carbonyl (C=O) groups is 2. The van der Waals surface area contributed by atoms with Gasteiger partial charge in [-0.05, 0) is 36.8 Å². The summed E-state index contributed by atoms with van der Waals surface area (Å²) in [6.45, 7) is 5.50. The molecule has 8 nitrogen and oxygen atoms in total. The van der Waals surface area contributed by atoms with E-state index in [1.54, 1.807) is 39.0 Å². The predicted molar refractivity (Wildman–Crippen MR) is 102 cm³/mol. The van der Waals surface area contributed by atoms with E-state index in [-0.39, 0.29) is 17.0 Å². The van der Waals surface area contributed by atoms with E-state index in [1.807, 2.05) is 0 Å². The Labute approximate surface area is 164 Å². The van der Waals surface area contributed by atoms with Crippen LogP contribution in [0, 0.1) is 6.92 Å². The summed E-state index contributed by atoms with van der Waals surface area (Å²) in [5.74, 6) is -0.679. The van der Waals surface area contributed by atoms with E-state index >= 15 is 0 Å². The van der Waals surface area contributed by atoms with E-state index in [4.69, 9.17) is 9.15 Å². The average Bonchev–Trinajstić information content (AvgIpc) is 3.19. The topological polar surface area (TPSA) is 106 Å². The largest absolute Gasteiger partial charge is 0.467 e. The number of furan rings is 1.